The fourth-order valence-electron chi connectivity index (χ4n) is 3.00. The molecule has 0 amide bonds. The third-order valence-electron chi connectivity index (χ3n) is 4.28. The zero-order chi connectivity index (χ0) is 17.8. The van der Waals surface area contributed by atoms with Gasteiger partial charge < -0.3 is 9.84 Å². The molecule has 0 spiro atoms. The summed E-state index contributed by atoms with van der Waals surface area (Å²) in [5.74, 6) is 0.450. The molecule has 0 heterocycles. The molecule has 2 nitrogen and oxygen atoms in total. The number of methoxy groups -OCH3 is 1. The maximum atomic E-state index is 13.6. The molecule has 3 aromatic carbocycles. The molecular weight excluding hydrogens is 315 g/mol. The lowest BCUT2D eigenvalue weighted by atomic mass is 9.97. The molecule has 0 aliphatic rings. The first kappa shape index (κ1) is 17.2. The van der Waals surface area contributed by atoms with Gasteiger partial charge in [0.1, 0.15) is 11.6 Å². The van der Waals surface area contributed by atoms with Crippen LogP contribution in [0.3, 0.4) is 0 Å². The van der Waals surface area contributed by atoms with Crippen molar-refractivity contribution in [3.8, 4) is 16.9 Å². The quantitative estimate of drug-likeness (QED) is 0.718. The number of aliphatic hydroxyl groups is 1. The molecule has 3 aromatic rings. The van der Waals surface area contributed by atoms with E-state index in [2.05, 4.69) is 31.2 Å². The van der Waals surface area contributed by atoms with Crippen LogP contribution in [0.5, 0.6) is 5.75 Å². The number of ether oxygens (including phenoxy) is 1. The average molecular weight is 336 g/mol. The van der Waals surface area contributed by atoms with Crippen molar-refractivity contribution in [2.24, 2.45) is 0 Å². The number of hydrogen-bond donors (Lipinski definition) is 1. The van der Waals surface area contributed by atoms with Gasteiger partial charge in [-0.25, -0.2) is 4.39 Å². The average Bonchev–Trinajstić information content (AvgIpc) is 2.63. The maximum Gasteiger partial charge on any atom is 0.128 e. The Labute approximate surface area is 147 Å². The minimum Gasteiger partial charge on any atom is -0.496 e. The minimum atomic E-state index is -0.374. The summed E-state index contributed by atoms with van der Waals surface area (Å²) >= 11 is 0. The lowest BCUT2D eigenvalue weighted by molar-refractivity contribution is 0.275. The van der Waals surface area contributed by atoms with E-state index in [9.17, 15) is 9.50 Å². The summed E-state index contributed by atoms with van der Waals surface area (Å²) in [6, 6.07) is 19.3. The molecular formula is C22H21FO2. The molecule has 0 saturated carbocycles. The normalized spacial score (nSPS) is 10.7. The third kappa shape index (κ3) is 3.89. The molecule has 0 radical (unpaired) electrons. The molecule has 0 aliphatic heterocycles. The molecule has 0 bridgehead atoms. The SMILES string of the molecule is COc1ccc(Cc2ccc(F)c(CO)c2)cc1-c1cccc(C)c1. The lowest BCUT2D eigenvalue weighted by Gasteiger charge is -2.12. The van der Waals surface area contributed by atoms with Gasteiger partial charge in [-0.1, -0.05) is 48.0 Å². The van der Waals surface area contributed by atoms with Gasteiger partial charge in [0.05, 0.1) is 13.7 Å². The van der Waals surface area contributed by atoms with E-state index < -0.39 is 0 Å². The summed E-state index contributed by atoms with van der Waals surface area (Å²) in [4.78, 5) is 0. The lowest BCUT2D eigenvalue weighted by Crippen LogP contribution is -1.96. The highest BCUT2D eigenvalue weighted by Crippen LogP contribution is 2.32. The van der Waals surface area contributed by atoms with Crippen LogP contribution in [-0.2, 0) is 13.0 Å². The predicted octanol–water partition coefficient (Wildman–Crippen LogP) is 4.89. The number of hydrogen-bond acceptors (Lipinski definition) is 2. The van der Waals surface area contributed by atoms with E-state index in [0.29, 0.717) is 12.0 Å². The van der Waals surface area contributed by atoms with Crippen LogP contribution < -0.4 is 4.74 Å². The van der Waals surface area contributed by atoms with E-state index in [1.807, 2.05) is 18.2 Å². The van der Waals surface area contributed by atoms with Gasteiger partial charge in [-0.3, -0.25) is 0 Å². The van der Waals surface area contributed by atoms with Crippen LogP contribution in [0.2, 0.25) is 0 Å². The molecule has 128 valence electrons. The second-order valence-electron chi connectivity index (χ2n) is 6.16. The van der Waals surface area contributed by atoms with Gasteiger partial charge in [0.2, 0.25) is 0 Å². The van der Waals surface area contributed by atoms with Crippen molar-refractivity contribution in [2.75, 3.05) is 7.11 Å². The Hall–Kier alpha value is -2.65. The van der Waals surface area contributed by atoms with Crippen LogP contribution in [0.4, 0.5) is 4.39 Å². The van der Waals surface area contributed by atoms with Gasteiger partial charge in [0.15, 0.2) is 0 Å². The number of benzene rings is 3. The topological polar surface area (TPSA) is 29.5 Å². The second kappa shape index (κ2) is 7.49. The highest BCUT2D eigenvalue weighted by Gasteiger charge is 2.09. The van der Waals surface area contributed by atoms with Crippen LogP contribution in [-0.4, -0.2) is 12.2 Å². The molecule has 25 heavy (non-hydrogen) atoms. The molecule has 3 rings (SSSR count). The van der Waals surface area contributed by atoms with Gasteiger partial charge in [0, 0.05) is 11.1 Å². The number of halogens is 1. The Morgan fingerprint density at radius 3 is 2.44 bits per heavy atom. The van der Waals surface area contributed by atoms with Crippen molar-refractivity contribution in [1.82, 2.24) is 0 Å². The highest BCUT2D eigenvalue weighted by molar-refractivity contribution is 5.71. The van der Waals surface area contributed by atoms with Crippen LogP contribution in [0.1, 0.15) is 22.3 Å². The van der Waals surface area contributed by atoms with Crippen molar-refractivity contribution in [1.29, 1.82) is 0 Å². The van der Waals surface area contributed by atoms with E-state index in [-0.39, 0.29) is 12.4 Å². The zero-order valence-electron chi connectivity index (χ0n) is 14.4. The first-order valence-corrected chi connectivity index (χ1v) is 8.23. The Morgan fingerprint density at radius 1 is 0.960 bits per heavy atom. The first-order chi connectivity index (χ1) is 12.1. The highest BCUT2D eigenvalue weighted by atomic mass is 19.1. The summed E-state index contributed by atoms with van der Waals surface area (Å²) in [6.45, 7) is 1.77. The van der Waals surface area contributed by atoms with Crippen LogP contribution in [0, 0.1) is 12.7 Å². The third-order valence-corrected chi connectivity index (χ3v) is 4.28. The van der Waals surface area contributed by atoms with Gasteiger partial charge in [-0.15, -0.1) is 0 Å². The zero-order valence-corrected chi connectivity index (χ0v) is 14.4. The second-order valence-corrected chi connectivity index (χ2v) is 6.16. The summed E-state index contributed by atoms with van der Waals surface area (Å²) in [5.41, 5.74) is 5.72. The van der Waals surface area contributed by atoms with Crippen molar-refractivity contribution >= 4 is 0 Å². The fraction of sp³-hybridized carbons (Fsp3) is 0.182. The molecule has 0 unspecified atom stereocenters. The van der Waals surface area contributed by atoms with E-state index in [0.717, 1.165) is 28.0 Å². The molecule has 0 fully saturated rings. The minimum absolute atomic E-state index is 0.295. The molecule has 0 aliphatic carbocycles. The largest absolute Gasteiger partial charge is 0.496 e. The Bertz CT molecular complexity index is 887. The monoisotopic (exact) mass is 336 g/mol. The Balaban J connectivity index is 1.97. The van der Waals surface area contributed by atoms with Crippen LogP contribution in [0.15, 0.2) is 60.7 Å². The van der Waals surface area contributed by atoms with Gasteiger partial charge in [-0.05, 0) is 48.2 Å². The number of aliphatic hydroxyl groups excluding tert-OH is 1. The van der Waals surface area contributed by atoms with Crippen molar-refractivity contribution < 1.29 is 14.2 Å². The molecule has 0 saturated heterocycles. The Morgan fingerprint density at radius 2 is 1.72 bits per heavy atom. The number of rotatable bonds is 5. The van der Waals surface area contributed by atoms with E-state index in [1.54, 1.807) is 19.2 Å². The van der Waals surface area contributed by atoms with Crippen molar-refractivity contribution in [3.05, 3.63) is 88.7 Å². The smallest absolute Gasteiger partial charge is 0.128 e. The van der Waals surface area contributed by atoms with E-state index in [4.69, 9.17) is 4.74 Å². The van der Waals surface area contributed by atoms with Gasteiger partial charge >= 0.3 is 0 Å². The summed E-state index contributed by atoms with van der Waals surface area (Å²) in [6.07, 6.45) is 0.663. The first-order valence-electron chi connectivity index (χ1n) is 8.23. The summed E-state index contributed by atoms with van der Waals surface area (Å²) in [5, 5.41) is 9.24. The summed E-state index contributed by atoms with van der Waals surface area (Å²) in [7, 11) is 1.67. The maximum absolute atomic E-state index is 13.6. The molecule has 1 N–H and O–H groups in total. The van der Waals surface area contributed by atoms with E-state index in [1.165, 1.54) is 11.6 Å². The van der Waals surface area contributed by atoms with Crippen molar-refractivity contribution in [3.63, 3.8) is 0 Å². The standard InChI is InChI=1S/C22H21FO2/c1-15-4-3-5-18(10-15)20-13-17(7-9-22(20)25-2)11-16-6-8-21(23)19(12-16)14-24/h3-10,12-13,24H,11,14H2,1-2H3. The molecule has 3 heteroatoms. The van der Waals surface area contributed by atoms with Gasteiger partial charge in [0.25, 0.3) is 0 Å². The van der Waals surface area contributed by atoms with Crippen LogP contribution >= 0.6 is 0 Å². The summed E-state index contributed by atoms with van der Waals surface area (Å²) < 4.78 is 19.1. The predicted molar refractivity (Wildman–Crippen MR) is 98.3 cm³/mol. The van der Waals surface area contributed by atoms with Gasteiger partial charge in [-0.2, -0.15) is 0 Å². The molecule has 0 atom stereocenters. The number of aryl methyl sites for hydroxylation is 1. The van der Waals surface area contributed by atoms with E-state index >= 15 is 0 Å². The molecule has 0 aromatic heterocycles. The Kier molecular flexibility index (Phi) is 5.15. The van der Waals surface area contributed by atoms with Crippen LogP contribution in [0.25, 0.3) is 11.1 Å². The fourth-order valence-corrected chi connectivity index (χ4v) is 3.00. The van der Waals surface area contributed by atoms with Crippen molar-refractivity contribution in [2.45, 2.75) is 20.0 Å².